The Labute approximate surface area is 128 Å². The SMILES string of the molecule is COc1ccccc1-c1ccc([Si]c2ccccc2)cc1. The van der Waals surface area contributed by atoms with Gasteiger partial charge >= 0.3 is 0 Å². The van der Waals surface area contributed by atoms with Crippen LogP contribution >= 0.6 is 0 Å². The summed E-state index contributed by atoms with van der Waals surface area (Å²) in [5.41, 5.74) is 2.32. The lowest BCUT2D eigenvalue weighted by molar-refractivity contribution is 0.416. The third-order valence-corrected chi connectivity index (χ3v) is 4.61. The van der Waals surface area contributed by atoms with Gasteiger partial charge in [-0.1, -0.05) is 83.2 Å². The molecule has 2 heteroatoms. The minimum absolute atomic E-state index is 0.697. The van der Waals surface area contributed by atoms with E-state index in [1.807, 2.05) is 18.2 Å². The summed E-state index contributed by atoms with van der Waals surface area (Å²) in [6.45, 7) is 0. The molecule has 0 aliphatic heterocycles. The number of methoxy groups -OCH3 is 1. The zero-order valence-electron chi connectivity index (χ0n) is 11.9. The van der Waals surface area contributed by atoms with Crippen LogP contribution < -0.4 is 15.1 Å². The predicted molar refractivity (Wildman–Crippen MR) is 89.9 cm³/mol. The van der Waals surface area contributed by atoms with Gasteiger partial charge in [0.1, 0.15) is 15.3 Å². The Bertz CT molecular complexity index is 705. The van der Waals surface area contributed by atoms with Gasteiger partial charge in [-0.15, -0.1) is 0 Å². The van der Waals surface area contributed by atoms with Crippen LogP contribution in [0.15, 0.2) is 78.9 Å². The highest BCUT2D eigenvalue weighted by Crippen LogP contribution is 2.28. The fourth-order valence-electron chi connectivity index (χ4n) is 2.30. The average Bonchev–Trinajstić information content (AvgIpc) is 2.56. The van der Waals surface area contributed by atoms with Crippen LogP contribution in [-0.4, -0.2) is 16.6 Å². The number of hydrogen-bond donors (Lipinski definition) is 0. The lowest BCUT2D eigenvalue weighted by atomic mass is 10.1. The zero-order valence-corrected chi connectivity index (χ0v) is 12.9. The van der Waals surface area contributed by atoms with Crippen molar-refractivity contribution in [2.45, 2.75) is 0 Å². The van der Waals surface area contributed by atoms with Crippen molar-refractivity contribution in [3.05, 3.63) is 78.9 Å². The molecule has 0 amide bonds. The first-order valence-corrected chi connectivity index (χ1v) is 7.92. The van der Waals surface area contributed by atoms with Crippen LogP contribution in [0.4, 0.5) is 0 Å². The zero-order chi connectivity index (χ0) is 14.5. The molecular weight excluding hydrogens is 272 g/mol. The third kappa shape index (κ3) is 3.23. The smallest absolute Gasteiger partial charge is 0.126 e. The van der Waals surface area contributed by atoms with E-state index < -0.39 is 0 Å². The van der Waals surface area contributed by atoms with Crippen LogP contribution in [0.5, 0.6) is 5.75 Å². The third-order valence-electron chi connectivity index (χ3n) is 3.37. The van der Waals surface area contributed by atoms with Crippen LogP contribution in [0.2, 0.25) is 0 Å². The van der Waals surface area contributed by atoms with Crippen molar-refractivity contribution < 1.29 is 4.74 Å². The molecule has 3 rings (SSSR count). The Morgan fingerprint density at radius 2 is 1.29 bits per heavy atom. The standard InChI is InChI=1S/C19H16OSi/c1-20-19-10-6-5-9-18(19)15-11-13-17(14-12-15)21-16-7-3-2-4-8-16/h2-14H,1H3. The molecule has 102 valence electrons. The minimum atomic E-state index is 0.697. The van der Waals surface area contributed by atoms with Crippen LogP contribution in [0, 0.1) is 0 Å². The van der Waals surface area contributed by atoms with Crippen molar-refractivity contribution in [2.24, 2.45) is 0 Å². The van der Waals surface area contributed by atoms with E-state index >= 15 is 0 Å². The number of para-hydroxylation sites is 1. The van der Waals surface area contributed by atoms with Gasteiger partial charge in [0, 0.05) is 5.56 Å². The van der Waals surface area contributed by atoms with E-state index in [0.717, 1.165) is 11.3 Å². The van der Waals surface area contributed by atoms with E-state index in [1.165, 1.54) is 15.9 Å². The molecule has 0 heterocycles. The lowest BCUT2D eigenvalue weighted by Crippen LogP contribution is -2.26. The first kappa shape index (κ1) is 13.7. The summed E-state index contributed by atoms with van der Waals surface area (Å²) in [5, 5.41) is 2.71. The van der Waals surface area contributed by atoms with Crippen molar-refractivity contribution in [2.75, 3.05) is 7.11 Å². The first-order valence-electron chi connectivity index (χ1n) is 6.92. The van der Waals surface area contributed by atoms with Gasteiger partial charge in [0.15, 0.2) is 0 Å². The molecule has 21 heavy (non-hydrogen) atoms. The molecule has 1 nitrogen and oxygen atoms in total. The topological polar surface area (TPSA) is 9.23 Å². The quantitative estimate of drug-likeness (QED) is 0.671. The van der Waals surface area contributed by atoms with Crippen molar-refractivity contribution in [1.82, 2.24) is 0 Å². The highest BCUT2D eigenvalue weighted by atomic mass is 28.2. The molecule has 3 aromatic rings. The molecule has 3 aromatic carbocycles. The van der Waals surface area contributed by atoms with E-state index in [2.05, 4.69) is 60.7 Å². The number of hydrogen-bond acceptors (Lipinski definition) is 1. The summed E-state index contributed by atoms with van der Waals surface area (Å²) < 4.78 is 5.43. The number of benzene rings is 3. The van der Waals surface area contributed by atoms with E-state index in [4.69, 9.17) is 4.74 Å². The summed E-state index contributed by atoms with van der Waals surface area (Å²) in [5.74, 6) is 0.913. The molecule has 0 aromatic heterocycles. The van der Waals surface area contributed by atoms with Gasteiger partial charge in [0.25, 0.3) is 0 Å². The molecule has 0 N–H and O–H groups in total. The highest BCUT2D eigenvalue weighted by Gasteiger charge is 2.05. The van der Waals surface area contributed by atoms with Crippen LogP contribution in [0.25, 0.3) is 11.1 Å². The molecule has 0 unspecified atom stereocenters. The molecule has 2 radical (unpaired) electrons. The van der Waals surface area contributed by atoms with Crippen LogP contribution in [0.1, 0.15) is 0 Å². The molecule has 0 spiro atoms. The van der Waals surface area contributed by atoms with Crippen molar-refractivity contribution in [1.29, 1.82) is 0 Å². The molecule has 0 fully saturated rings. The summed E-state index contributed by atoms with van der Waals surface area (Å²) >= 11 is 0. The lowest BCUT2D eigenvalue weighted by Gasteiger charge is -2.09. The fraction of sp³-hybridized carbons (Fsp3) is 0.0526. The Hall–Kier alpha value is -2.32. The molecule has 0 atom stereocenters. The van der Waals surface area contributed by atoms with E-state index in [1.54, 1.807) is 7.11 Å². The Morgan fingerprint density at radius 1 is 0.667 bits per heavy atom. The Kier molecular flexibility index (Phi) is 4.17. The summed E-state index contributed by atoms with van der Waals surface area (Å²) in [6.07, 6.45) is 0. The van der Waals surface area contributed by atoms with Crippen LogP contribution in [0.3, 0.4) is 0 Å². The van der Waals surface area contributed by atoms with E-state index in [0.29, 0.717) is 9.52 Å². The van der Waals surface area contributed by atoms with Gasteiger partial charge in [-0.25, -0.2) is 0 Å². The number of ether oxygens (including phenoxy) is 1. The maximum Gasteiger partial charge on any atom is 0.126 e. The molecule has 0 aliphatic carbocycles. The average molecular weight is 288 g/mol. The van der Waals surface area contributed by atoms with Gasteiger partial charge in [-0.2, -0.15) is 0 Å². The molecular formula is C19H16OSi. The van der Waals surface area contributed by atoms with Gasteiger partial charge in [0.2, 0.25) is 0 Å². The maximum atomic E-state index is 5.43. The fourth-order valence-corrected chi connectivity index (χ4v) is 3.33. The molecule has 0 bridgehead atoms. The van der Waals surface area contributed by atoms with Crippen molar-refractivity contribution in [3.8, 4) is 16.9 Å². The monoisotopic (exact) mass is 288 g/mol. The second-order valence-corrected chi connectivity index (χ2v) is 6.17. The molecule has 0 saturated carbocycles. The summed E-state index contributed by atoms with van der Waals surface area (Å²) in [7, 11) is 2.41. The summed E-state index contributed by atoms with van der Waals surface area (Å²) in [4.78, 5) is 0. The second-order valence-electron chi connectivity index (χ2n) is 4.77. The van der Waals surface area contributed by atoms with Gasteiger partial charge < -0.3 is 4.74 Å². The first-order chi connectivity index (χ1) is 10.4. The predicted octanol–water partition coefficient (Wildman–Crippen LogP) is 3.02. The van der Waals surface area contributed by atoms with Crippen molar-refractivity contribution in [3.63, 3.8) is 0 Å². The van der Waals surface area contributed by atoms with Crippen LogP contribution in [-0.2, 0) is 0 Å². The summed E-state index contributed by atoms with van der Waals surface area (Å²) in [6, 6.07) is 27.4. The minimum Gasteiger partial charge on any atom is -0.496 e. The van der Waals surface area contributed by atoms with E-state index in [-0.39, 0.29) is 0 Å². The normalized spacial score (nSPS) is 10.3. The number of rotatable bonds is 4. The maximum absolute atomic E-state index is 5.43. The Morgan fingerprint density at radius 3 is 2.00 bits per heavy atom. The van der Waals surface area contributed by atoms with Gasteiger partial charge in [0.05, 0.1) is 7.11 Å². The largest absolute Gasteiger partial charge is 0.496 e. The second kappa shape index (κ2) is 6.42. The van der Waals surface area contributed by atoms with E-state index in [9.17, 15) is 0 Å². The van der Waals surface area contributed by atoms with Gasteiger partial charge in [-0.05, 0) is 11.6 Å². The van der Waals surface area contributed by atoms with Crippen molar-refractivity contribution >= 4 is 19.9 Å². The Balaban J connectivity index is 1.84. The highest BCUT2D eigenvalue weighted by molar-refractivity contribution is 6.67. The van der Waals surface area contributed by atoms with Gasteiger partial charge in [-0.3, -0.25) is 0 Å². The molecule has 0 saturated heterocycles. The molecule has 0 aliphatic rings.